The van der Waals surface area contributed by atoms with Crippen molar-refractivity contribution in [3.8, 4) is 0 Å². The van der Waals surface area contributed by atoms with Crippen LogP contribution in [0.25, 0.3) is 0 Å². The average Bonchev–Trinajstić information content (AvgIpc) is 2.92. The molecule has 4 heteroatoms. The Morgan fingerprint density at radius 2 is 2.20 bits per heavy atom. The Morgan fingerprint density at radius 1 is 1.40 bits per heavy atom. The highest BCUT2D eigenvalue weighted by molar-refractivity contribution is 5.74. The van der Waals surface area contributed by atoms with E-state index >= 15 is 0 Å². The molecule has 1 unspecified atom stereocenters. The van der Waals surface area contributed by atoms with Crippen molar-refractivity contribution in [1.29, 1.82) is 0 Å². The molecule has 1 heterocycles. The SMILES string of the molecule is CCN1CCC(CNC(=O)NC2CC2)C1. The molecule has 1 saturated carbocycles. The highest BCUT2D eigenvalue weighted by atomic mass is 16.2. The predicted molar refractivity (Wildman–Crippen MR) is 59.8 cm³/mol. The molecule has 1 saturated heterocycles. The molecule has 1 aliphatic heterocycles. The van der Waals surface area contributed by atoms with Crippen LogP contribution in [0.4, 0.5) is 4.79 Å². The van der Waals surface area contributed by atoms with Crippen LogP contribution in [-0.4, -0.2) is 43.2 Å². The minimum atomic E-state index is 0.0208. The van der Waals surface area contributed by atoms with Gasteiger partial charge in [0.25, 0.3) is 0 Å². The quantitative estimate of drug-likeness (QED) is 0.722. The van der Waals surface area contributed by atoms with E-state index in [1.54, 1.807) is 0 Å². The molecule has 0 bridgehead atoms. The zero-order valence-electron chi connectivity index (χ0n) is 9.46. The Labute approximate surface area is 91.4 Å². The van der Waals surface area contributed by atoms with E-state index in [-0.39, 0.29) is 6.03 Å². The first kappa shape index (κ1) is 10.7. The summed E-state index contributed by atoms with van der Waals surface area (Å²) in [7, 11) is 0. The number of carbonyl (C=O) groups excluding carboxylic acids is 1. The van der Waals surface area contributed by atoms with Gasteiger partial charge < -0.3 is 15.5 Å². The van der Waals surface area contributed by atoms with Crippen molar-refractivity contribution in [2.24, 2.45) is 5.92 Å². The van der Waals surface area contributed by atoms with E-state index in [2.05, 4.69) is 22.5 Å². The molecule has 0 aromatic carbocycles. The van der Waals surface area contributed by atoms with Crippen LogP contribution in [0.5, 0.6) is 0 Å². The number of rotatable bonds is 4. The first-order valence-corrected chi connectivity index (χ1v) is 6.04. The van der Waals surface area contributed by atoms with E-state index in [1.807, 2.05) is 0 Å². The van der Waals surface area contributed by atoms with Crippen molar-refractivity contribution in [2.45, 2.75) is 32.2 Å². The minimum absolute atomic E-state index is 0.0208. The van der Waals surface area contributed by atoms with Crippen LogP contribution in [0.1, 0.15) is 26.2 Å². The highest BCUT2D eigenvalue weighted by Gasteiger charge is 2.24. The number of hydrogen-bond donors (Lipinski definition) is 2. The zero-order valence-corrected chi connectivity index (χ0v) is 9.46. The smallest absolute Gasteiger partial charge is 0.315 e. The summed E-state index contributed by atoms with van der Waals surface area (Å²) in [6.07, 6.45) is 3.53. The van der Waals surface area contributed by atoms with Gasteiger partial charge >= 0.3 is 6.03 Å². The first-order valence-electron chi connectivity index (χ1n) is 6.04. The Balaban J connectivity index is 1.58. The lowest BCUT2D eigenvalue weighted by Crippen LogP contribution is -2.39. The van der Waals surface area contributed by atoms with Crippen LogP contribution >= 0.6 is 0 Å². The molecule has 2 rings (SSSR count). The third-order valence-electron chi connectivity index (χ3n) is 3.28. The second kappa shape index (κ2) is 4.84. The zero-order chi connectivity index (χ0) is 10.7. The molecule has 2 aliphatic rings. The van der Waals surface area contributed by atoms with Crippen LogP contribution in [0, 0.1) is 5.92 Å². The summed E-state index contributed by atoms with van der Waals surface area (Å²) >= 11 is 0. The standard InChI is InChI=1S/C11H21N3O/c1-2-14-6-5-9(8-14)7-12-11(15)13-10-3-4-10/h9-10H,2-8H2,1H3,(H2,12,13,15). The van der Waals surface area contributed by atoms with Crippen LogP contribution in [0.2, 0.25) is 0 Å². The lowest BCUT2D eigenvalue weighted by molar-refractivity contribution is 0.238. The summed E-state index contributed by atoms with van der Waals surface area (Å²) < 4.78 is 0. The van der Waals surface area contributed by atoms with Gasteiger partial charge in [-0.15, -0.1) is 0 Å². The number of amides is 2. The molecule has 0 spiro atoms. The second-order valence-corrected chi connectivity index (χ2v) is 4.68. The second-order valence-electron chi connectivity index (χ2n) is 4.68. The Hall–Kier alpha value is -0.770. The molecule has 1 aliphatic carbocycles. The van der Waals surface area contributed by atoms with Crippen LogP contribution in [-0.2, 0) is 0 Å². The molecule has 2 amide bonds. The molecule has 0 aromatic heterocycles. The minimum Gasteiger partial charge on any atom is -0.338 e. The summed E-state index contributed by atoms with van der Waals surface area (Å²) in [5, 5.41) is 5.90. The normalized spacial score (nSPS) is 26.6. The maximum atomic E-state index is 11.4. The van der Waals surface area contributed by atoms with Crippen molar-refractivity contribution in [3.63, 3.8) is 0 Å². The van der Waals surface area contributed by atoms with Gasteiger partial charge in [0.15, 0.2) is 0 Å². The fourth-order valence-corrected chi connectivity index (χ4v) is 2.07. The lowest BCUT2D eigenvalue weighted by Gasteiger charge is -2.13. The Kier molecular flexibility index (Phi) is 3.46. The molecule has 2 N–H and O–H groups in total. The number of likely N-dealkylation sites (tertiary alicyclic amines) is 1. The summed E-state index contributed by atoms with van der Waals surface area (Å²) in [4.78, 5) is 13.8. The Morgan fingerprint density at radius 3 is 2.80 bits per heavy atom. The van der Waals surface area contributed by atoms with Gasteiger partial charge in [0.2, 0.25) is 0 Å². The van der Waals surface area contributed by atoms with Gasteiger partial charge in [0.05, 0.1) is 0 Å². The molecular weight excluding hydrogens is 190 g/mol. The van der Waals surface area contributed by atoms with E-state index in [9.17, 15) is 4.79 Å². The largest absolute Gasteiger partial charge is 0.338 e. The number of urea groups is 1. The van der Waals surface area contributed by atoms with E-state index in [1.165, 1.54) is 13.0 Å². The van der Waals surface area contributed by atoms with Gasteiger partial charge in [-0.3, -0.25) is 0 Å². The monoisotopic (exact) mass is 211 g/mol. The van der Waals surface area contributed by atoms with E-state index in [4.69, 9.17) is 0 Å². The first-order chi connectivity index (χ1) is 7.28. The highest BCUT2D eigenvalue weighted by Crippen LogP contribution is 2.18. The van der Waals surface area contributed by atoms with Crippen molar-refractivity contribution in [3.05, 3.63) is 0 Å². The number of carbonyl (C=O) groups is 1. The van der Waals surface area contributed by atoms with Gasteiger partial charge in [-0.25, -0.2) is 4.79 Å². The summed E-state index contributed by atoms with van der Waals surface area (Å²) in [5.41, 5.74) is 0. The molecule has 2 fully saturated rings. The average molecular weight is 211 g/mol. The Bertz CT molecular complexity index is 228. The van der Waals surface area contributed by atoms with Gasteiger partial charge in [-0.05, 0) is 38.3 Å². The molecular formula is C11H21N3O. The summed E-state index contributed by atoms with van der Waals surface area (Å²) in [6, 6.07) is 0.480. The molecule has 15 heavy (non-hydrogen) atoms. The van der Waals surface area contributed by atoms with Gasteiger partial charge in [0.1, 0.15) is 0 Å². The molecule has 86 valence electrons. The number of hydrogen-bond acceptors (Lipinski definition) is 2. The summed E-state index contributed by atoms with van der Waals surface area (Å²) in [6.45, 7) is 6.47. The predicted octanol–water partition coefficient (Wildman–Crippen LogP) is 0.790. The third-order valence-corrected chi connectivity index (χ3v) is 3.28. The molecule has 4 nitrogen and oxygen atoms in total. The fourth-order valence-electron chi connectivity index (χ4n) is 2.07. The number of nitrogens with zero attached hydrogens (tertiary/aromatic N) is 1. The maximum Gasteiger partial charge on any atom is 0.315 e. The van der Waals surface area contributed by atoms with E-state index < -0.39 is 0 Å². The lowest BCUT2D eigenvalue weighted by atomic mass is 10.1. The van der Waals surface area contributed by atoms with Crippen molar-refractivity contribution < 1.29 is 4.79 Å². The van der Waals surface area contributed by atoms with Crippen LogP contribution in [0.3, 0.4) is 0 Å². The van der Waals surface area contributed by atoms with Gasteiger partial charge in [-0.1, -0.05) is 6.92 Å². The van der Waals surface area contributed by atoms with Gasteiger partial charge in [-0.2, -0.15) is 0 Å². The van der Waals surface area contributed by atoms with Crippen LogP contribution in [0.15, 0.2) is 0 Å². The van der Waals surface area contributed by atoms with E-state index in [0.717, 1.165) is 32.5 Å². The van der Waals surface area contributed by atoms with Crippen molar-refractivity contribution >= 4 is 6.03 Å². The number of nitrogens with one attached hydrogen (secondary N) is 2. The molecule has 1 atom stereocenters. The molecule has 0 aromatic rings. The van der Waals surface area contributed by atoms with E-state index in [0.29, 0.717) is 12.0 Å². The molecule has 0 radical (unpaired) electrons. The van der Waals surface area contributed by atoms with Crippen molar-refractivity contribution in [2.75, 3.05) is 26.2 Å². The topological polar surface area (TPSA) is 44.4 Å². The summed E-state index contributed by atoms with van der Waals surface area (Å²) in [5.74, 6) is 0.648. The van der Waals surface area contributed by atoms with Crippen LogP contribution < -0.4 is 10.6 Å². The fraction of sp³-hybridized carbons (Fsp3) is 0.909. The van der Waals surface area contributed by atoms with Crippen molar-refractivity contribution in [1.82, 2.24) is 15.5 Å². The third kappa shape index (κ3) is 3.38. The van der Waals surface area contributed by atoms with Gasteiger partial charge in [0, 0.05) is 19.1 Å². The maximum absolute atomic E-state index is 11.4.